The number of carbonyl (C=O) groups is 1. The Bertz CT molecular complexity index is 235. The van der Waals surface area contributed by atoms with E-state index >= 15 is 0 Å². The molecule has 0 aliphatic rings. The van der Waals surface area contributed by atoms with E-state index in [0.29, 0.717) is 13.0 Å². The van der Waals surface area contributed by atoms with Crippen LogP contribution in [-0.4, -0.2) is 33.1 Å². The van der Waals surface area contributed by atoms with E-state index in [9.17, 15) is 4.79 Å². The zero-order valence-electron chi connectivity index (χ0n) is 9.54. The number of hydrogen-bond donors (Lipinski definition) is 0. The quantitative estimate of drug-likeness (QED) is 0.518. The summed E-state index contributed by atoms with van der Waals surface area (Å²) in [5, 5.41) is 0. The first kappa shape index (κ1) is 16.1. The number of halogens is 2. The van der Waals surface area contributed by atoms with Crippen LogP contribution >= 0.6 is 31.9 Å². The fourth-order valence-electron chi connectivity index (χ4n) is 1.12. The molecule has 0 saturated heterocycles. The van der Waals surface area contributed by atoms with Gasteiger partial charge in [0.1, 0.15) is 0 Å². The number of carbonyl (C=O) groups excluding carboxylic acids is 1. The Morgan fingerprint density at radius 1 is 1.31 bits per heavy atom. The van der Waals surface area contributed by atoms with Gasteiger partial charge in [-0.05, 0) is 31.9 Å². The van der Waals surface area contributed by atoms with E-state index in [2.05, 4.69) is 31.9 Å². The molecule has 0 heterocycles. The van der Waals surface area contributed by atoms with Crippen LogP contribution in [0.25, 0.3) is 0 Å². The largest absolute Gasteiger partial charge is 0.465 e. The predicted molar refractivity (Wildman–Crippen MR) is 68.5 cm³/mol. The molecule has 0 aromatic rings. The van der Waals surface area contributed by atoms with Crippen LogP contribution in [0.15, 0.2) is 9.47 Å². The van der Waals surface area contributed by atoms with Crippen LogP contribution in [0.4, 0.5) is 0 Å². The molecule has 0 rings (SSSR count). The maximum Gasteiger partial charge on any atom is 0.302 e. The highest BCUT2D eigenvalue weighted by Crippen LogP contribution is 2.20. The van der Waals surface area contributed by atoms with E-state index in [1.807, 2.05) is 6.08 Å². The van der Waals surface area contributed by atoms with Crippen LogP contribution in [0.2, 0.25) is 0 Å². The highest BCUT2D eigenvalue weighted by atomic mass is 79.9. The van der Waals surface area contributed by atoms with Crippen molar-refractivity contribution in [3.05, 3.63) is 9.47 Å². The molecule has 0 spiro atoms. The topological polar surface area (TPSA) is 44.8 Å². The minimum atomic E-state index is -0.309. The van der Waals surface area contributed by atoms with E-state index in [1.165, 1.54) is 6.92 Å². The van der Waals surface area contributed by atoms with Gasteiger partial charge in [0.2, 0.25) is 0 Å². The fraction of sp³-hybridized carbons (Fsp3) is 0.700. The van der Waals surface area contributed by atoms with Crippen molar-refractivity contribution in [1.82, 2.24) is 0 Å². The average Bonchev–Trinajstić information content (AvgIpc) is 2.21. The molecule has 94 valence electrons. The molecule has 1 atom stereocenters. The van der Waals surface area contributed by atoms with Crippen molar-refractivity contribution in [2.24, 2.45) is 5.92 Å². The maximum atomic E-state index is 10.7. The monoisotopic (exact) mass is 358 g/mol. The molecular weight excluding hydrogens is 344 g/mol. The summed E-state index contributed by atoms with van der Waals surface area (Å²) >= 11 is 6.54. The number of hydrogen-bond acceptors (Lipinski definition) is 4. The van der Waals surface area contributed by atoms with E-state index < -0.39 is 0 Å². The van der Waals surface area contributed by atoms with Crippen LogP contribution in [0.3, 0.4) is 0 Å². The van der Waals surface area contributed by atoms with Gasteiger partial charge in [-0.15, -0.1) is 0 Å². The molecule has 0 fully saturated rings. The lowest BCUT2D eigenvalue weighted by Gasteiger charge is -2.19. The third-order valence-corrected chi connectivity index (χ3v) is 2.41. The summed E-state index contributed by atoms with van der Waals surface area (Å²) in [6, 6.07) is 0. The van der Waals surface area contributed by atoms with Gasteiger partial charge >= 0.3 is 5.97 Å². The van der Waals surface area contributed by atoms with Crippen molar-refractivity contribution in [1.29, 1.82) is 0 Å². The molecule has 16 heavy (non-hydrogen) atoms. The molecule has 0 aliphatic heterocycles. The lowest BCUT2D eigenvalue weighted by molar-refractivity contribution is -0.144. The zero-order chi connectivity index (χ0) is 12.6. The van der Waals surface area contributed by atoms with E-state index in [4.69, 9.17) is 14.2 Å². The summed E-state index contributed by atoms with van der Waals surface area (Å²) < 4.78 is 16.0. The van der Waals surface area contributed by atoms with Crippen molar-refractivity contribution < 1.29 is 19.0 Å². The van der Waals surface area contributed by atoms with Crippen LogP contribution in [-0.2, 0) is 19.0 Å². The fourth-order valence-corrected chi connectivity index (χ4v) is 1.87. The predicted octanol–water partition coefficient (Wildman–Crippen LogP) is 2.81. The van der Waals surface area contributed by atoms with Gasteiger partial charge in [-0.2, -0.15) is 0 Å². The Kier molecular flexibility index (Phi) is 9.21. The maximum absolute atomic E-state index is 10.7. The highest BCUT2D eigenvalue weighted by Gasteiger charge is 2.15. The minimum Gasteiger partial charge on any atom is -0.465 e. The van der Waals surface area contributed by atoms with Crippen molar-refractivity contribution >= 4 is 37.8 Å². The van der Waals surface area contributed by atoms with Gasteiger partial charge in [0, 0.05) is 33.5 Å². The van der Waals surface area contributed by atoms with Gasteiger partial charge in [-0.3, -0.25) is 4.79 Å². The number of rotatable bonds is 7. The minimum absolute atomic E-state index is 0.0301. The van der Waals surface area contributed by atoms with Gasteiger partial charge in [0.15, 0.2) is 6.29 Å². The van der Waals surface area contributed by atoms with E-state index in [-0.39, 0.29) is 18.2 Å². The highest BCUT2D eigenvalue weighted by molar-refractivity contribution is 9.28. The first-order valence-electron chi connectivity index (χ1n) is 4.71. The lowest BCUT2D eigenvalue weighted by Crippen LogP contribution is -2.21. The second kappa shape index (κ2) is 9.15. The van der Waals surface area contributed by atoms with Crippen molar-refractivity contribution in [2.45, 2.75) is 19.6 Å². The van der Waals surface area contributed by atoms with E-state index in [0.717, 1.165) is 3.39 Å². The second-order valence-corrected chi connectivity index (χ2v) is 5.93. The van der Waals surface area contributed by atoms with Gasteiger partial charge < -0.3 is 14.2 Å². The molecule has 1 unspecified atom stereocenters. The van der Waals surface area contributed by atoms with Gasteiger partial charge in [-0.1, -0.05) is 6.08 Å². The van der Waals surface area contributed by atoms with Gasteiger partial charge in [0.05, 0.1) is 10.00 Å². The van der Waals surface area contributed by atoms with Crippen molar-refractivity contribution in [3.8, 4) is 0 Å². The first-order valence-corrected chi connectivity index (χ1v) is 6.30. The Morgan fingerprint density at radius 3 is 2.25 bits per heavy atom. The standard InChI is InChI=1S/C10H16Br2O4/c1-7(13)16-6-8(4-9(11)12)5-10(14-2)15-3/h4,8,10H,5-6H2,1-3H3. The van der Waals surface area contributed by atoms with Gasteiger partial charge in [0.25, 0.3) is 0 Å². The van der Waals surface area contributed by atoms with Crippen molar-refractivity contribution in [2.75, 3.05) is 20.8 Å². The molecule has 0 amide bonds. The molecule has 4 nitrogen and oxygen atoms in total. The Balaban J connectivity index is 4.30. The smallest absolute Gasteiger partial charge is 0.302 e. The number of esters is 1. The molecule has 6 heteroatoms. The van der Waals surface area contributed by atoms with Gasteiger partial charge in [-0.25, -0.2) is 0 Å². The zero-order valence-corrected chi connectivity index (χ0v) is 12.7. The molecule has 0 aromatic heterocycles. The lowest BCUT2D eigenvalue weighted by atomic mass is 10.1. The van der Waals surface area contributed by atoms with Crippen LogP contribution in [0, 0.1) is 5.92 Å². The molecule has 0 aromatic carbocycles. The van der Waals surface area contributed by atoms with Crippen molar-refractivity contribution in [3.63, 3.8) is 0 Å². The second-order valence-electron chi connectivity index (χ2n) is 3.16. The summed E-state index contributed by atoms with van der Waals surface area (Å²) in [6.45, 7) is 1.69. The molecule has 0 bridgehead atoms. The molecule has 0 N–H and O–H groups in total. The summed E-state index contributed by atoms with van der Waals surface area (Å²) in [4.78, 5) is 10.7. The van der Waals surface area contributed by atoms with Crippen LogP contribution in [0.1, 0.15) is 13.3 Å². The number of ether oxygens (including phenoxy) is 3. The Morgan fingerprint density at radius 2 is 1.88 bits per heavy atom. The molecular formula is C10H16Br2O4. The average molecular weight is 360 g/mol. The third kappa shape index (κ3) is 8.27. The van der Waals surface area contributed by atoms with Crippen LogP contribution in [0.5, 0.6) is 0 Å². The summed E-state index contributed by atoms with van der Waals surface area (Å²) in [5.74, 6) is -0.266. The SMILES string of the molecule is COC(CC(C=C(Br)Br)COC(C)=O)OC. The Labute approximate surface area is 113 Å². The van der Waals surface area contributed by atoms with Crippen LogP contribution < -0.4 is 0 Å². The summed E-state index contributed by atoms with van der Waals surface area (Å²) in [5.41, 5.74) is 0. The third-order valence-electron chi connectivity index (χ3n) is 1.88. The summed E-state index contributed by atoms with van der Waals surface area (Å²) in [6.07, 6.45) is 2.20. The number of methoxy groups -OCH3 is 2. The Hall–Kier alpha value is 0.0900. The molecule has 0 radical (unpaired) electrons. The first-order chi connectivity index (χ1) is 7.49. The molecule has 0 saturated carbocycles. The molecule has 0 aliphatic carbocycles. The normalized spacial score (nSPS) is 12.4. The van der Waals surface area contributed by atoms with E-state index in [1.54, 1.807) is 14.2 Å². The summed E-state index contributed by atoms with van der Waals surface area (Å²) in [7, 11) is 3.15.